The largest absolute Gasteiger partial charge is 0.388 e. The number of benzene rings is 1. The molecule has 5 rings (SSSR count). The van der Waals surface area contributed by atoms with Crippen LogP contribution in [0.15, 0.2) is 53.6 Å². The lowest BCUT2D eigenvalue weighted by Gasteiger charge is -2.08. The van der Waals surface area contributed by atoms with E-state index < -0.39 is 6.10 Å². The van der Waals surface area contributed by atoms with E-state index in [0.29, 0.717) is 17.2 Å². The summed E-state index contributed by atoms with van der Waals surface area (Å²) in [5.41, 5.74) is 3.31. The molecule has 1 aliphatic heterocycles. The predicted octanol–water partition coefficient (Wildman–Crippen LogP) is 2.98. The van der Waals surface area contributed by atoms with Gasteiger partial charge in [-0.15, -0.1) is 5.10 Å². The van der Waals surface area contributed by atoms with Crippen LogP contribution in [-0.4, -0.2) is 42.9 Å². The van der Waals surface area contributed by atoms with E-state index in [-0.39, 0.29) is 5.56 Å². The van der Waals surface area contributed by atoms with Gasteiger partial charge in [-0.1, -0.05) is 0 Å². The maximum absolute atomic E-state index is 12.1. The lowest BCUT2D eigenvalue weighted by atomic mass is 10.2. The number of hydrogen-bond donors (Lipinski definition) is 4. The Kier molecular flexibility index (Phi) is 6.58. The Labute approximate surface area is 185 Å². The monoisotopic (exact) mass is 433 g/mol. The van der Waals surface area contributed by atoms with E-state index in [1.165, 1.54) is 25.9 Å². The van der Waals surface area contributed by atoms with E-state index >= 15 is 0 Å². The minimum Gasteiger partial charge on any atom is -0.388 e. The molecule has 1 saturated heterocycles. The van der Waals surface area contributed by atoms with Crippen LogP contribution in [0.2, 0.25) is 0 Å². The Balaban J connectivity index is 0.000000433. The van der Waals surface area contributed by atoms with Gasteiger partial charge in [0.1, 0.15) is 12.1 Å². The summed E-state index contributed by atoms with van der Waals surface area (Å²) in [5.74, 6) is 1.23. The molecule has 4 N–H and O–H groups in total. The lowest BCUT2D eigenvalue weighted by Crippen LogP contribution is -2.16. The standard InChI is InChI=1S/C19H18N6O2.C4H9N/c1-11-3-7-17(24-23-11)21-13-4-6-16-15(9-13)20-10-25(16)18-8-5-14(12(2)26)19(27)22-18;1-2-4-5-3-1/h3-10,12,26H,1-2H3,(H,21,24)(H,22,27);5H,1-4H2. The van der Waals surface area contributed by atoms with Crippen LogP contribution in [0.3, 0.4) is 0 Å². The molecule has 0 spiro atoms. The van der Waals surface area contributed by atoms with Crippen molar-refractivity contribution >= 4 is 22.5 Å². The maximum Gasteiger partial charge on any atom is 0.255 e. The molecule has 1 unspecified atom stereocenters. The van der Waals surface area contributed by atoms with Gasteiger partial charge in [0.05, 0.1) is 22.8 Å². The first kappa shape index (κ1) is 21.7. The molecule has 0 bridgehead atoms. The number of nitrogens with one attached hydrogen (secondary N) is 3. The highest BCUT2D eigenvalue weighted by molar-refractivity contribution is 5.81. The smallest absolute Gasteiger partial charge is 0.255 e. The van der Waals surface area contributed by atoms with E-state index in [9.17, 15) is 9.90 Å². The molecule has 1 aliphatic rings. The number of aromatic amines is 1. The van der Waals surface area contributed by atoms with E-state index in [4.69, 9.17) is 0 Å². The van der Waals surface area contributed by atoms with Crippen molar-refractivity contribution in [3.8, 4) is 5.82 Å². The number of imidazole rings is 1. The summed E-state index contributed by atoms with van der Waals surface area (Å²) < 4.78 is 1.79. The first-order chi connectivity index (χ1) is 15.5. The van der Waals surface area contributed by atoms with Crippen molar-refractivity contribution in [1.82, 2.24) is 30.0 Å². The number of hydrogen-bond acceptors (Lipinski definition) is 7. The zero-order valence-corrected chi connectivity index (χ0v) is 18.2. The zero-order chi connectivity index (χ0) is 22.5. The van der Waals surface area contributed by atoms with Gasteiger partial charge in [-0.3, -0.25) is 9.36 Å². The van der Waals surface area contributed by atoms with Crippen molar-refractivity contribution in [2.75, 3.05) is 18.4 Å². The number of aromatic nitrogens is 5. The molecule has 1 fully saturated rings. The van der Waals surface area contributed by atoms with Crippen molar-refractivity contribution in [3.05, 3.63) is 70.4 Å². The summed E-state index contributed by atoms with van der Waals surface area (Å²) in [5, 5.41) is 24.1. The van der Waals surface area contributed by atoms with E-state index in [0.717, 1.165) is 22.4 Å². The number of aryl methyl sites for hydroxylation is 1. The zero-order valence-electron chi connectivity index (χ0n) is 18.2. The molecule has 0 saturated carbocycles. The van der Waals surface area contributed by atoms with Gasteiger partial charge in [-0.25, -0.2) is 4.98 Å². The fraction of sp³-hybridized carbons (Fsp3) is 0.304. The molecule has 4 aromatic rings. The Hall–Kier alpha value is -3.56. The molecular formula is C23H27N7O2. The average Bonchev–Trinajstić information content (AvgIpc) is 3.48. The second kappa shape index (κ2) is 9.71. The van der Waals surface area contributed by atoms with Gasteiger partial charge in [0.25, 0.3) is 5.56 Å². The fourth-order valence-corrected chi connectivity index (χ4v) is 3.46. The molecular weight excluding hydrogens is 406 g/mol. The molecule has 0 aliphatic carbocycles. The second-order valence-corrected chi connectivity index (χ2v) is 7.76. The van der Waals surface area contributed by atoms with Gasteiger partial charge in [0.2, 0.25) is 0 Å². The molecule has 166 valence electrons. The number of fused-ring (bicyclic) bond motifs is 1. The van der Waals surface area contributed by atoms with Gasteiger partial charge < -0.3 is 20.7 Å². The van der Waals surface area contributed by atoms with Gasteiger partial charge in [-0.2, -0.15) is 5.10 Å². The van der Waals surface area contributed by atoms with Crippen LogP contribution in [0.25, 0.3) is 16.9 Å². The highest BCUT2D eigenvalue weighted by atomic mass is 16.3. The highest BCUT2D eigenvalue weighted by Crippen LogP contribution is 2.22. The van der Waals surface area contributed by atoms with Crippen LogP contribution in [-0.2, 0) is 0 Å². The quantitative estimate of drug-likeness (QED) is 0.390. The first-order valence-corrected chi connectivity index (χ1v) is 10.7. The minimum absolute atomic E-state index is 0.319. The molecule has 9 heteroatoms. The topological polar surface area (TPSA) is 121 Å². The third kappa shape index (κ3) is 5.01. The molecule has 1 aromatic carbocycles. The van der Waals surface area contributed by atoms with Crippen LogP contribution in [0.5, 0.6) is 0 Å². The summed E-state index contributed by atoms with van der Waals surface area (Å²) in [7, 11) is 0. The Morgan fingerprint density at radius 1 is 1.09 bits per heavy atom. The summed E-state index contributed by atoms with van der Waals surface area (Å²) in [6.45, 7) is 5.94. The number of pyridine rings is 1. The Bertz CT molecular complexity index is 1230. The molecule has 3 aromatic heterocycles. The molecule has 32 heavy (non-hydrogen) atoms. The van der Waals surface area contributed by atoms with Crippen LogP contribution >= 0.6 is 0 Å². The normalized spacial score (nSPS) is 14.1. The van der Waals surface area contributed by atoms with Gasteiger partial charge in [0, 0.05) is 11.3 Å². The number of rotatable bonds is 4. The van der Waals surface area contributed by atoms with E-state index in [1.807, 2.05) is 37.3 Å². The molecule has 4 heterocycles. The number of nitrogens with zero attached hydrogens (tertiary/aromatic N) is 4. The summed E-state index contributed by atoms with van der Waals surface area (Å²) in [6, 6.07) is 12.8. The SMILES string of the molecule is C1CCNC1.Cc1ccc(Nc2ccc3c(c2)ncn3-c2ccc(C(C)O)c(=O)[nH]2)nn1. The molecule has 0 amide bonds. The Morgan fingerprint density at radius 3 is 2.53 bits per heavy atom. The molecule has 9 nitrogen and oxygen atoms in total. The van der Waals surface area contributed by atoms with Gasteiger partial charge in [0.15, 0.2) is 5.82 Å². The van der Waals surface area contributed by atoms with Crippen molar-refractivity contribution in [2.45, 2.75) is 32.8 Å². The van der Waals surface area contributed by atoms with Crippen molar-refractivity contribution in [2.24, 2.45) is 0 Å². The number of anilines is 2. The lowest BCUT2D eigenvalue weighted by molar-refractivity contribution is 0.197. The van der Waals surface area contributed by atoms with Crippen molar-refractivity contribution in [3.63, 3.8) is 0 Å². The minimum atomic E-state index is -0.819. The number of H-pyrrole nitrogens is 1. The third-order valence-corrected chi connectivity index (χ3v) is 5.21. The highest BCUT2D eigenvalue weighted by Gasteiger charge is 2.10. The number of aliphatic hydroxyl groups excluding tert-OH is 1. The van der Waals surface area contributed by atoms with Crippen LogP contribution in [0.4, 0.5) is 11.5 Å². The van der Waals surface area contributed by atoms with Crippen LogP contribution in [0, 0.1) is 6.92 Å². The first-order valence-electron chi connectivity index (χ1n) is 10.7. The van der Waals surface area contributed by atoms with E-state index in [1.54, 1.807) is 30.0 Å². The molecule has 0 radical (unpaired) electrons. The third-order valence-electron chi connectivity index (χ3n) is 5.21. The summed E-state index contributed by atoms with van der Waals surface area (Å²) in [4.78, 5) is 19.3. The van der Waals surface area contributed by atoms with Crippen molar-refractivity contribution in [1.29, 1.82) is 0 Å². The summed E-state index contributed by atoms with van der Waals surface area (Å²) >= 11 is 0. The number of aliphatic hydroxyl groups is 1. The maximum atomic E-state index is 12.1. The Morgan fingerprint density at radius 2 is 1.91 bits per heavy atom. The second-order valence-electron chi connectivity index (χ2n) is 7.76. The van der Waals surface area contributed by atoms with Crippen LogP contribution in [0.1, 0.15) is 37.1 Å². The summed E-state index contributed by atoms with van der Waals surface area (Å²) in [6.07, 6.45) is 3.61. The average molecular weight is 434 g/mol. The van der Waals surface area contributed by atoms with Crippen LogP contribution < -0.4 is 16.2 Å². The van der Waals surface area contributed by atoms with Gasteiger partial charge in [-0.05, 0) is 82.2 Å². The van der Waals surface area contributed by atoms with Crippen molar-refractivity contribution < 1.29 is 5.11 Å². The van der Waals surface area contributed by atoms with E-state index in [2.05, 4.69) is 30.8 Å². The fourth-order valence-electron chi connectivity index (χ4n) is 3.46. The molecule has 1 atom stereocenters. The van der Waals surface area contributed by atoms with Gasteiger partial charge >= 0.3 is 0 Å². The predicted molar refractivity (Wildman–Crippen MR) is 124 cm³/mol.